The molecule has 0 fully saturated rings. The summed E-state index contributed by atoms with van der Waals surface area (Å²) in [6, 6.07) is 15.2. The van der Waals surface area contributed by atoms with Gasteiger partial charge in [0.05, 0.1) is 19.8 Å². The van der Waals surface area contributed by atoms with E-state index in [1.165, 1.54) is 20.3 Å². The number of carbonyl (C=O) groups is 1. The topological polar surface area (TPSA) is 71.6 Å². The minimum absolute atomic E-state index is 0.0942. The first-order valence-electron chi connectivity index (χ1n) is 10.9. The zero-order chi connectivity index (χ0) is 24.2. The number of hydrogen-bond acceptors (Lipinski definition) is 4. The number of benzene rings is 3. The van der Waals surface area contributed by atoms with Gasteiger partial charge >= 0.3 is 0 Å². The highest BCUT2D eigenvalue weighted by molar-refractivity contribution is 6.00. The molecule has 0 amide bonds. The van der Waals surface area contributed by atoms with Gasteiger partial charge in [0.1, 0.15) is 5.75 Å². The predicted molar refractivity (Wildman–Crippen MR) is 126 cm³/mol. The molecule has 7 heteroatoms. The number of para-hydroxylation sites is 1. The fourth-order valence-corrected chi connectivity index (χ4v) is 4.17. The molecule has 0 bridgehead atoms. The number of hydrogen-bond donors (Lipinski definition) is 2. The number of aliphatic hydroxyl groups is 1. The van der Waals surface area contributed by atoms with Crippen LogP contribution in [0.1, 0.15) is 22.3 Å². The summed E-state index contributed by atoms with van der Waals surface area (Å²) >= 11 is 0. The molecule has 0 aliphatic carbocycles. The molecule has 0 aliphatic heterocycles. The first-order chi connectivity index (χ1) is 16.4. The molecule has 4 rings (SSSR count). The summed E-state index contributed by atoms with van der Waals surface area (Å²) in [4.78, 5) is 16.5. The Kier molecular flexibility index (Phi) is 6.93. The van der Waals surface area contributed by atoms with Gasteiger partial charge in [0, 0.05) is 30.1 Å². The molecular formula is C27H25F2NO4. The number of aromatic nitrogens is 1. The van der Waals surface area contributed by atoms with Gasteiger partial charge in [0.25, 0.3) is 0 Å². The normalized spacial score (nSPS) is 12.0. The van der Waals surface area contributed by atoms with Crippen molar-refractivity contribution in [1.82, 2.24) is 4.98 Å². The second kappa shape index (κ2) is 10.1. The molecule has 1 atom stereocenters. The Morgan fingerprint density at radius 1 is 1.00 bits per heavy atom. The molecule has 34 heavy (non-hydrogen) atoms. The highest BCUT2D eigenvalue weighted by atomic mass is 19.2. The number of ketones is 1. The largest absolute Gasteiger partial charge is 0.496 e. The van der Waals surface area contributed by atoms with Crippen molar-refractivity contribution < 1.29 is 28.2 Å². The number of aromatic amines is 1. The fourth-order valence-electron chi connectivity index (χ4n) is 4.17. The average Bonchev–Trinajstić information content (AvgIpc) is 3.27. The number of aliphatic hydroxyl groups excluding tert-OH is 1. The summed E-state index contributed by atoms with van der Waals surface area (Å²) < 4.78 is 38.2. The maximum Gasteiger partial charge on any atom is 0.200 e. The van der Waals surface area contributed by atoms with E-state index in [2.05, 4.69) is 4.98 Å². The lowest BCUT2D eigenvalue weighted by molar-refractivity contribution is 0.0933. The van der Waals surface area contributed by atoms with Crippen molar-refractivity contribution in [1.29, 1.82) is 0 Å². The first-order valence-corrected chi connectivity index (χ1v) is 10.9. The molecule has 176 valence electrons. The summed E-state index contributed by atoms with van der Waals surface area (Å²) in [6.07, 6.45) is 2.51. The van der Waals surface area contributed by atoms with E-state index in [4.69, 9.17) is 9.47 Å². The zero-order valence-corrected chi connectivity index (χ0v) is 18.9. The van der Waals surface area contributed by atoms with Crippen LogP contribution in [0, 0.1) is 17.6 Å². The number of Topliss-reactive ketones (excluding diaryl/α,β-unsaturated/α-hetero) is 1. The molecule has 0 spiro atoms. The number of fused-ring (bicyclic) bond motifs is 1. The van der Waals surface area contributed by atoms with Crippen molar-refractivity contribution in [2.24, 2.45) is 5.92 Å². The minimum Gasteiger partial charge on any atom is -0.496 e. The summed E-state index contributed by atoms with van der Waals surface area (Å²) in [5.74, 6) is -2.49. The lowest BCUT2D eigenvalue weighted by Gasteiger charge is -2.16. The van der Waals surface area contributed by atoms with E-state index >= 15 is 0 Å². The van der Waals surface area contributed by atoms with E-state index < -0.39 is 11.6 Å². The third-order valence-corrected chi connectivity index (χ3v) is 5.96. The number of carbonyl (C=O) groups excluding carboxylic acids is 1. The van der Waals surface area contributed by atoms with Crippen molar-refractivity contribution in [3.63, 3.8) is 0 Å². The van der Waals surface area contributed by atoms with Gasteiger partial charge in [-0.1, -0.05) is 24.3 Å². The van der Waals surface area contributed by atoms with Crippen LogP contribution >= 0.6 is 0 Å². The number of nitrogens with one attached hydrogen (secondary N) is 1. The van der Waals surface area contributed by atoms with Crippen LogP contribution < -0.4 is 9.47 Å². The molecule has 5 nitrogen and oxygen atoms in total. The molecule has 0 saturated carbocycles. The zero-order valence-electron chi connectivity index (χ0n) is 18.9. The van der Waals surface area contributed by atoms with Gasteiger partial charge in [-0.3, -0.25) is 4.79 Å². The van der Waals surface area contributed by atoms with Gasteiger partial charge in [-0.15, -0.1) is 0 Å². The van der Waals surface area contributed by atoms with E-state index in [1.807, 2.05) is 30.5 Å². The fraction of sp³-hybridized carbons (Fsp3) is 0.222. The number of halogens is 2. The van der Waals surface area contributed by atoms with Crippen molar-refractivity contribution in [3.05, 3.63) is 83.6 Å². The summed E-state index contributed by atoms with van der Waals surface area (Å²) in [5.41, 5.74) is 3.21. The lowest BCUT2D eigenvalue weighted by Crippen LogP contribution is -2.16. The number of rotatable bonds is 9. The molecule has 1 unspecified atom stereocenters. The standard InChI is InChI=1S/C27H25F2NO4/c1-33-25-8-7-17(18-12-22(28)27(29)26(13-18)34-2)11-21(25)24(32)10-16(15-31)9-19-14-30-23-6-4-3-5-20(19)23/h3-8,11-14,16,30-31H,9-10,15H2,1-2H3. The Labute approximate surface area is 196 Å². The number of ether oxygens (including phenoxy) is 2. The van der Waals surface area contributed by atoms with Gasteiger partial charge < -0.3 is 19.6 Å². The molecule has 4 aromatic rings. The van der Waals surface area contributed by atoms with E-state index in [-0.39, 0.29) is 30.5 Å². The smallest absolute Gasteiger partial charge is 0.200 e. The second-order valence-corrected chi connectivity index (χ2v) is 8.13. The molecule has 0 saturated heterocycles. The van der Waals surface area contributed by atoms with Crippen molar-refractivity contribution >= 4 is 16.7 Å². The number of methoxy groups -OCH3 is 2. The summed E-state index contributed by atoms with van der Waals surface area (Å²) in [5, 5.41) is 11.0. The Morgan fingerprint density at radius 3 is 2.50 bits per heavy atom. The Morgan fingerprint density at radius 2 is 1.76 bits per heavy atom. The Balaban J connectivity index is 1.61. The summed E-state index contributed by atoms with van der Waals surface area (Å²) in [7, 11) is 2.72. The van der Waals surface area contributed by atoms with Gasteiger partial charge in [-0.05, 0) is 59.4 Å². The first kappa shape index (κ1) is 23.4. The van der Waals surface area contributed by atoms with Crippen LogP contribution in [-0.4, -0.2) is 36.7 Å². The van der Waals surface area contributed by atoms with E-state index in [9.17, 15) is 18.7 Å². The van der Waals surface area contributed by atoms with Crippen LogP contribution in [-0.2, 0) is 6.42 Å². The Bertz CT molecular complexity index is 1330. The highest BCUT2D eigenvalue weighted by Crippen LogP contribution is 2.33. The van der Waals surface area contributed by atoms with Crippen LogP contribution in [0.4, 0.5) is 8.78 Å². The molecule has 0 radical (unpaired) electrons. The lowest BCUT2D eigenvalue weighted by atomic mass is 9.91. The molecular weight excluding hydrogens is 440 g/mol. The molecule has 2 N–H and O–H groups in total. The molecule has 1 heterocycles. The van der Waals surface area contributed by atoms with E-state index in [0.29, 0.717) is 28.9 Å². The van der Waals surface area contributed by atoms with Crippen LogP contribution in [0.2, 0.25) is 0 Å². The van der Waals surface area contributed by atoms with Crippen LogP contribution in [0.15, 0.2) is 60.8 Å². The number of H-pyrrole nitrogens is 1. The van der Waals surface area contributed by atoms with Crippen LogP contribution in [0.5, 0.6) is 11.5 Å². The monoisotopic (exact) mass is 465 g/mol. The second-order valence-electron chi connectivity index (χ2n) is 8.13. The molecule has 0 aliphatic rings. The maximum absolute atomic E-state index is 14.0. The third-order valence-electron chi connectivity index (χ3n) is 5.96. The van der Waals surface area contributed by atoms with Crippen LogP contribution in [0.3, 0.4) is 0 Å². The SMILES string of the molecule is COc1ccc(-c2cc(F)c(F)c(OC)c2)cc1C(=O)CC(CO)Cc1c[nH]c2ccccc12. The predicted octanol–water partition coefficient (Wildman–Crippen LogP) is 5.55. The van der Waals surface area contributed by atoms with E-state index in [1.54, 1.807) is 18.2 Å². The molecule has 3 aromatic carbocycles. The maximum atomic E-state index is 14.0. The minimum atomic E-state index is -1.07. The van der Waals surface area contributed by atoms with Gasteiger partial charge in [-0.25, -0.2) is 4.39 Å². The quantitative estimate of drug-likeness (QED) is 0.318. The molecule has 1 aromatic heterocycles. The summed E-state index contributed by atoms with van der Waals surface area (Å²) in [6.45, 7) is -0.159. The van der Waals surface area contributed by atoms with Crippen molar-refractivity contribution in [2.45, 2.75) is 12.8 Å². The highest BCUT2D eigenvalue weighted by Gasteiger charge is 2.21. The van der Waals surface area contributed by atoms with Gasteiger partial charge in [-0.2, -0.15) is 4.39 Å². The Hall–Kier alpha value is -3.71. The van der Waals surface area contributed by atoms with Crippen molar-refractivity contribution in [3.8, 4) is 22.6 Å². The van der Waals surface area contributed by atoms with Crippen LogP contribution in [0.25, 0.3) is 22.0 Å². The average molecular weight is 465 g/mol. The third kappa shape index (κ3) is 4.65. The van der Waals surface area contributed by atoms with Gasteiger partial charge in [0.2, 0.25) is 5.82 Å². The van der Waals surface area contributed by atoms with Crippen molar-refractivity contribution in [2.75, 3.05) is 20.8 Å². The van der Waals surface area contributed by atoms with Gasteiger partial charge in [0.15, 0.2) is 17.3 Å². The van der Waals surface area contributed by atoms with E-state index in [0.717, 1.165) is 22.5 Å².